The van der Waals surface area contributed by atoms with Gasteiger partial charge in [0, 0.05) is 19.0 Å². The van der Waals surface area contributed by atoms with E-state index >= 15 is 0 Å². The summed E-state index contributed by atoms with van der Waals surface area (Å²) in [5.41, 5.74) is 2.88. The topological polar surface area (TPSA) is 89.8 Å². The number of aryl methyl sites for hydroxylation is 2. The summed E-state index contributed by atoms with van der Waals surface area (Å²) >= 11 is 0. The molecule has 0 aliphatic rings. The Hall–Kier alpha value is -1.43. The highest BCUT2D eigenvalue weighted by molar-refractivity contribution is 5.66. The van der Waals surface area contributed by atoms with Crippen molar-refractivity contribution in [3.8, 4) is 0 Å². The van der Waals surface area contributed by atoms with E-state index in [4.69, 9.17) is 10.2 Å². The summed E-state index contributed by atoms with van der Waals surface area (Å²) in [6.07, 6.45) is -0.504. The van der Waals surface area contributed by atoms with Gasteiger partial charge in [-0.2, -0.15) is 0 Å². The molecule has 2 atom stereocenters. The van der Waals surface area contributed by atoms with E-state index in [9.17, 15) is 9.90 Å². The number of carboxylic acid groups (broad SMARTS) is 1. The molecule has 1 aromatic rings. The van der Waals surface area contributed by atoms with Crippen LogP contribution < -0.4 is 5.32 Å². The van der Waals surface area contributed by atoms with Crippen molar-refractivity contribution in [3.63, 3.8) is 0 Å². The van der Waals surface area contributed by atoms with E-state index in [-0.39, 0.29) is 19.1 Å². The number of nitrogens with one attached hydrogen (secondary N) is 1. The van der Waals surface area contributed by atoms with Crippen LogP contribution in [0.4, 0.5) is 0 Å². The Bertz CT molecular complexity index is 447. The standard InChI is InChI=1S/C15H23NO4/c1-10-3-4-12(11(2)9-10)15(20)13(16-7-8-17)5-6-14(18)19/h3-4,9,13,15-17,20H,5-8H2,1-2H3,(H,18,19). The highest BCUT2D eigenvalue weighted by Crippen LogP contribution is 2.24. The van der Waals surface area contributed by atoms with E-state index in [1.807, 2.05) is 32.0 Å². The molecule has 5 heteroatoms. The Morgan fingerprint density at radius 2 is 2.05 bits per heavy atom. The average molecular weight is 281 g/mol. The second-order valence-corrected chi connectivity index (χ2v) is 5.02. The maximum absolute atomic E-state index is 10.7. The molecule has 0 radical (unpaired) electrons. The van der Waals surface area contributed by atoms with Crippen LogP contribution in [0.5, 0.6) is 0 Å². The summed E-state index contributed by atoms with van der Waals surface area (Å²) in [6.45, 7) is 4.18. The molecule has 0 aliphatic heterocycles. The van der Waals surface area contributed by atoms with Crippen molar-refractivity contribution in [2.75, 3.05) is 13.2 Å². The maximum atomic E-state index is 10.7. The number of rotatable bonds is 8. The fraction of sp³-hybridized carbons (Fsp3) is 0.533. The molecule has 2 unspecified atom stereocenters. The van der Waals surface area contributed by atoms with Crippen molar-refractivity contribution in [3.05, 3.63) is 34.9 Å². The third-order valence-electron chi connectivity index (χ3n) is 3.31. The van der Waals surface area contributed by atoms with Gasteiger partial charge in [0.05, 0.1) is 12.7 Å². The van der Waals surface area contributed by atoms with Crippen molar-refractivity contribution in [2.24, 2.45) is 0 Å². The first-order valence-corrected chi connectivity index (χ1v) is 6.77. The van der Waals surface area contributed by atoms with Crippen LogP contribution in [0.25, 0.3) is 0 Å². The minimum Gasteiger partial charge on any atom is -0.481 e. The molecule has 4 N–H and O–H groups in total. The number of carboxylic acids is 1. The minimum absolute atomic E-state index is 0.0228. The number of hydrogen-bond acceptors (Lipinski definition) is 4. The van der Waals surface area contributed by atoms with Gasteiger partial charge in [0.2, 0.25) is 0 Å². The molecule has 0 aliphatic carbocycles. The van der Waals surface area contributed by atoms with E-state index in [1.54, 1.807) is 0 Å². The second-order valence-electron chi connectivity index (χ2n) is 5.02. The Balaban J connectivity index is 2.84. The van der Waals surface area contributed by atoms with Crippen LogP contribution in [-0.2, 0) is 4.79 Å². The van der Waals surface area contributed by atoms with Crippen molar-refractivity contribution < 1.29 is 20.1 Å². The van der Waals surface area contributed by atoms with Crippen molar-refractivity contribution in [1.29, 1.82) is 0 Å². The predicted molar refractivity (Wildman–Crippen MR) is 76.6 cm³/mol. The molecular weight excluding hydrogens is 258 g/mol. The summed E-state index contributed by atoms with van der Waals surface area (Å²) in [5, 5.41) is 31.1. The Labute approximate surface area is 119 Å². The number of benzene rings is 1. The van der Waals surface area contributed by atoms with Gasteiger partial charge in [-0.15, -0.1) is 0 Å². The predicted octanol–water partition coefficient (Wildman–Crippen LogP) is 1.15. The third-order valence-corrected chi connectivity index (χ3v) is 3.31. The molecule has 0 spiro atoms. The molecule has 0 fully saturated rings. The van der Waals surface area contributed by atoms with E-state index in [2.05, 4.69) is 5.32 Å². The van der Waals surface area contributed by atoms with Gasteiger partial charge in [-0.1, -0.05) is 23.8 Å². The van der Waals surface area contributed by atoms with Crippen LogP contribution in [0.2, 0.25) is 0 Å². The van der Waals surface area contributed by atoms with Gasteiger partial charge in [0.15, 0.2) is 0 Å². The summed E-state index contributed by atoms with van der Waals surface area (Å²) < 4.78 is 0. The number of aliphatic hydroxyl groups excluding tert-OH is 2. The van der Waals surface area contributed by atoms with Gasteiger partial charge >= 0.3 is 5.97 Å². The van der Waals surface area contributed by atoms with Crippen LogP contribution in [-0.4, -0.2) is 40.5 Å². The van der Waals surface area contributed by atoms with Gasteiger partial charge in [-0.25, -0.2) is 0 Å². The highest BCUT2D eigenvalue weighted by atomic mass is 16.4. The van der Waals surface area contributed by atoms with E-state index in [1.165, 1.54) is 0 Å². The zero-order valence-corrected chi connectivity index (χ0v) is 12.0. The summed E-state index contributed by atoms with van der Waals surface area (Å²) in [4.78, 5) is 10.7. The van der Waals surface area contributed by atoms with Gasteiger partial charge in [0.1, 0.15) is 0 Å². The van der Waals surface area contributed by atoms with Crippen LogP contribution >= 0.6 is 0 Å². The lowest BCUT2D eigenvalue weighted by atomic mass is 9.94. The molecule has 0 saturated heterocycles. The van der Waals surface area contributed by atoms with Crippen molar-refractivity contribution in [1.82, 2.24) is 5.32 Å². The maximum Gasteiger partial charge on any atom is 0.303 e. The number of aliphatic carboxylic acids is 1. The van der Waals surface area contributed by atoms with Gasteiger partial charge in [-0.05, 0) is 31.4 Å². The first kappa shape index (κ1) is 16.6. The largest absolute Gasteiger partial charge is 0.481 e. The SMILES string of the molecule is Cc1ccc(C(O)C(CCC(=O)O)NCCO)c(C)c1. The third kappa shape index (κ3) is 4.92. The number of carbonyl (C=O) groups is 1. The van der Waals surface area contributed by atoms with Crippen molar-refractivity contribution >= 4 is 5.97 Å². The Morgan fingerprint density at radius 3 is 2.60 bits per heavy atom. The molecule has 0 saturated carbocycles. The van der Waals surface area contributed by atoms with Crippen LogP contribution in [0.1, 0.15) is 35.6 Å². The lowest BCUT2D eigenvalue weighted by Gasteiger charge is -2.25. The molecule has 20 heavy (non-hydrogen) atoms. The molecule has 1 rings (SSSR count). The average Bonchev–Trinajstić information content (AvgIpc) is 2.38. The molecule has 112 valence electrons. The molecule has 5 nitrogen and oxygen atoms in total. The summed E-state index contributed by atoms with van der Waals surface area (Å²) in [6, 6.07) is 5.38. The minimum atomic E-state index is -0.895. The molecule has 0 aromatic heterocycles. The lowest BCUT2D eigenvalue weighted by Crippen LogP contribution is -2.37. The van der Waals surface area contributed by atoms with Crippen molar-refractivity contribution in [2.45, 2.75) is 38.8 Å². The fourth-order valence-corrected chi connectivity index (χ4v) is 2.27. The number of aliphatic hydroxyl groups is 2. The number of hydrogen-bond donors (Lipinski definition) is 4. The van der Waals surface area contributed by atoms with Crippen LogP contribution in [0.15, 0.2) is 18.2 Å². The second kappa shape index (κ2) is 7.99. The smallest absolute Gasteiger partial charge is 0.303 e. The molecule has 0 amide bonds. The first-order chi connectivity index (χ1) is 9.45. The molecule has 0 heterocycles. The summed E-state index contributed by atoms with van der Waals surface area (Å²) in [5.74, 6) is -0.895. The fourth-order valence-electron chi connectivity index (χ4n) is 2.27. The van der Waals surface area contributed by atoms with Gasteiger partial charge < -0.3 is 20.6 Å². The van der Waals surface area contributed by atoms with Gasteiger partial charge in [-0.3, -0.25) is 4.79 Å². The Morgan fingerprint density at radius 1 is 1.35 bits per heavy atom. The molecular formula is C15H23NO4. The lowest BCUT2D eigenvalue weighted by molar-refractivity contribution is -0.137. The molecule has 0 bridgehead atoms. The quantitative estimate of drug-likeness (QED) is 0.574. The molecule has 1 aromatic carbocycles. The first-order valence-electron chi connectivity index (χ1n) is 6.77. The van der Waals surface area contributed by atoms with Crippen LogP contribution in [0, 0.1) is 13.8 Å². The van der Waals surface area contributed by atoms with E-state index in [0.717, 1.165) is 16.7 Å². The van der Waals surface area contributed by atoms with Gasteiger partial charge in [0.25, 0.3) is 0 Å². The zero-order valence-electron chi connectivity index (χ0n) is 12.0. The monoisotopic (exact) mass is 281 g/mol. The van der Waals surface area contributed by atoms with Crippen LogP contribution in [0.3, 0.4) is 0 Å². The van der Waals surface area contributed by atoms with E-state index in [0.29, 0.717) is 13.0 Å². The zero-order chi connectivity index (χ0) is 15.1. The normalized spacial score (nSPS) is 14.0. The summed E-state index contributed by atoms with van der Waals surface area (Å²) in [7, 11) is 0. The Kier molecular flexibility index (Phi) is 6.64. The highest BCUT2D eigenvalue weighted by Gasteiger charge is 2.22. The van der Waals surface area contributed by atoms with E-state index < -0.39 is 12.1 Å².